The Balaban J connectivity index is 1.87. The van der Waals surface area contributed by atoms with Crippen LogP contribution in [0.5, 0.6) is 5.75 Å². The van der Waals surface area contributed by atoms with Crippen LogP contribution in [0.25, 0.3) is 0 Å². The molecule has 0 saturated carbocycles. The Morgan fingerprint density at radius 2 is 1.79 bits per heavy atom. The fourth-order valence-corrected chi connectivity index (χ4v) is 2.41. The summed E-state index contributed by atoms with van der Waals surface area (Å²) in [6.07, 6.45) is 0. The molecule has 3 N–H and O–H groups in total. The molecule has 0 radical (unpaired) electrons. The van der Waals surface area contributed by atoms with Crippen molar-refractivity contribution in [3.05, 3.63) is 65.2 Å². The molecule has 1 unspecified atom stereocenters. The number of carbonyl (C=O) groups is 1. The summed E-state index contributed by atoms with van der Waals surface area (Å²) in [5, 5.41) is 15.0. The first-order chi connectivity index (χ1) is 11.6. The minimum atomic E-state index is -0.246. The molecule has 0 saturated heterocycles. The van der Waals surface area contributed by atoms with Gasteiger partial charge in [-0.05, 0) is 42.7 Å². The maximum Gasteiger partial charge on any atom is 0.315 e. The van der Waals surface area contributed by atoms with Gasteiger partial charge in [0, 0.05) is 6.54 Å². The Bertz CT molecular complexity index is 656. The Morgan fingerprint density at radius 1 is 1.12 bits per heavy atom. The maximum absolute atomic E-state index is 12.1. The molecule has 0 aliphatic heterocycles. The van der Waals surface area contributed by atoms with Crippen molar-refractivity contribution in [2.75, 3.05) is 6.61 Å². The normalized spacial score (nSPS) is 11.6. The van der Waals surface area contributed by atoms with Crippen LogP contribution in [0.4, 0.5) is 4.79 Å². The van der Waals surface area contributed by atoms with Crippen LogP contribution in [0.3, 0.4) is 0 Å². The smallest absolute Gasteiger partial charge is 0.315 e. The summed E-state index contributed by atoms with van der Waals surface area (Å²) in [5.74, 6) is 0.818. The molecule has 0 fully saturated rings. The number of ether oxygens (including phenoxy) is 1. The number of rotatable bonds is 7. The minimum Gasteiger partial charge on any atom is -0.494 e. The summed E-state index contributed by atoms with van der Waals surface area (Å²) in [5.41, 5.74) is 2.73. The molecule has 0 heterocycles. The number of hydrogen-bond donors (Lipinski definition) is 3. The van der Waals surface area contributed by atoms with Crippen LogP contribution in [0.2, 0.25) is 0 Å². The van der Waals surface area contributed by atoms with E-state index >= 15 is 0 Å². The van der Waals surface area contributed by atoms with E-state index in [9.17, 15) is 9.90 Å². The highest BCUT2D eigenvalue weighted by Gasteiger charge is 2.10. The average Bonchev–Trinajstić information content (AvgIpc) is 2.61. The number of carbonyl (C=O) groups excluding carboxylic acids is 1. The van der Waals surface area contributed by atoms with E-state index in [2.05, 4.69) is 10.6 Å². The summed E-state index contributed by atoms with van der Waals surface area (Å²) in [6, 6.07) is 14.8. The van der Waals surface area contributed by atoms with Crippen molar-refractivity contribution >= 4 is 6.03 Å². The predicted octanol–water partition coefficient (Wildman–Crippen LogP) is 3.14. The van der Waals surface area contributed by atoms with E-state index in [1.807, 2.05) is 62.4 Å². The molecule has 0 aliphatic rings. The number of hydrogen-bond acceptors (Lipinski definition) is 3. The maximum atomic E-state index is 12.1. The molecule has 24 heavy (non-hydrogen) atoms. The molecule has 0 aromatic heterocycles. The number of aliphatic hydroxyl groups excluding tert-OH is 1. The summed E-state index contributed by atoms with van der Waals surface area (Å²) in [4.78, 5) is 12.1. The highest BCUT2D eigenvalue weighted by Crippen LogP contribution is 2.17. The molecule has 128 valence electrons. The lowest BCUT2D eigenvalue weighted by Gasteiger charge is -2.16. The van der Waals surface area contributed by atoms with E-state index in [4.69, 9.17) is 4.74 Å². The van der Waals surface area contributed by atoms with Crippen molar-refractivity contribution in [1.82, 2.24) is 10.6 Å². The Morgan fingerprint density at radius 3 is 2.42 bits per heavy atom. The van der Waals surface area contributed by atoms with Gasteiger partial charge in [-0.2, -0.15) is 0 Å². The Hall–Kier alpha value is -2.53. The van der Waals surface area contributed by atoms with Gasteiger partial charge in [-0.1, -0.05) is 36.4 Å². The zero-order valence-corrected chi connectivity index (χ0v) is 14.1. The van der Waals surface area contributed by atoms with Crippen molar-refractivity contribution in [3.8, 4) is 5.75 Å². The van der Waals surface area contributed by atoms with Crippen molar-refractivity contribution in [2.24, 2.45) is 0 Å². The first-order valence-electron chi connectivity index (χ1n) is 8.08. The summed E-state index contributed by atoms with van der Waals surface area (Å²) in [6.45, 7) is 4.83. The van der Waals surface area contributed by atoms with Crippen LogP contribution in [0, 0.1) is 0 Å². The molecule has 0 bridgehead atoms. The molecular weight excluding hydrogens is 304 g/mol. The molecule has 2 rings (SSSR count). The van der Waals surface area contributed by atoms with Gasteiger partial charge in [-0.15, -0.1) is 0 Å². The molecule has 0 aliphatic carbocycles. The minimum absolute atomic E-state index is 0.0396. The summed E-state index contributed by atoms with van der Waals surface area (Å²) < 4.78 is 5.41. The summed E-state index contributed by atoms with van der Waals surface area (Å²) in [7, 11) is 0. The lowest BCUT2D eigenvalue weighted by Crippen LogP contribution is -2.36. The highest BCUT2D eigenvalue weighted by atomic mass is 16.5. The predicted molar refractivity (Wildman–Crippen MR) is 93.8 cm³/mol. The van der Waals surface area contributed by atoms with Crippen molar-refractivity contribution < 1.29 is 14.6 Å². The van der Waals surface area contributed by atoms with Crippen molar-refractivity contribution in [3.63, 3.8) is 0 Å². The van der Waals surface area contributed by atoms with Gasteiger partial charge in [0.2, 0.25) is 0 Å². The fourth-order valence-electron chi connectivity index (χ4n) is 2.41. The van der Waals surface area contributed by atoms with E-state index < -0.39 is 0 Å². The molecular formula is C19H24N2O3. The lowest BCUT2D eigenvalue weighted by atomic mass is 10.1. The van der Waals surface area contributed by atoms with Crippen LogP contribution >= 0.6 is 0 Å². The lowest BCUT2D eigenvalue weighted by molar-refractivity contribution is 0.237. The number of amides is 2. The van der Waals surface area contributed by atoms with Gasteiger partial charge in [-0.25, -0.2) is 4.79 Å². The number of nitrogens with one attached hydrogen (secondary N) is 2. The average molecular weight is 328 g/mol. The van der Waals surface area contributed by atoms with Crippen LogP contribution < -0.4 is 15.4 Å². The second-order valence-corrected chi connectivity index (χ2v) is 5.48. The van der Waals surface area contributed by atoms with Crippen molar-refractivity contribution in [1.29, 1.82) is 0 Å². The third-order valence-electron chi connectivity index (χ3n) is 3.77. The van der Waals surface area contributed by atoms with E-state index in [1.54, 1.807) is 0 Å². The van der Waals surface area contributed by atoms with E-state index in [0.717, 1.165) is 22.4 Å². The standard InChI is InChI=1S/C19H24N2O3/c1-3-24-18-10-8-15(9-11-18)14(2)21-19(23)20-12-16-6-4-5-7-17(16)13-22/h4-11,14,22H,3,12-13H2,1-2H3,(H2,20,21,23). The first kappa shape index (κ1) is 17.8. The van der Waals surface area contributed by atoms with Crippen LogP contribution in [-0.4, -0.2) is 17.7 Å². The second-order valence-electron chi connectivity index (χ2n) is 5.48. The van der Waals surface area contributed by atoms with E-state index in [-0.39, 0.29) is 18.7 Å². The number of urea groups is 1. The van der Waals surface area contributed by atoms with E-state index in [0.29, 0.717) is 13.2 Å². The number of aliphatic hydroxyl groups is 1. The second kappa shape index (κ2) is 8.93. The van der Waals surface area contributed by atoms with Crippen LogP contribution in [-0.2, 0) is 13.2 Å². The van der Waals surface area contributed by atoms with Gasteiger partial charge < -0.3 is 20.5 Å². The topological polar surface area (TPSA) is 70.6 Å². The fraction of sp³-hybridized carbons (Fsp3) is 0.316. The number of benzene rings is 2. The SMILES string of the molecule is CCOc1ccc(C(C)NC(=O)NCc2ccccc2CO)cc1. The third kappa shape index (κ3) is 4.99. The molecule has 1 atom stereocenters. The first-order valence-corrected chi connectivity index (χ1v) is 8.08. The Kier molecular flexibility index (Phi) is 6.63. The van der Waals surface area contributed by atoms with Crippen LogP contribution in [0.1, 0.15) is 36.6 Å². The monoisotopic (exact) mass is 328 g/mol. The van der Waals surface area contributed by atoms with Gasteiger partial charge in [-0.3, -0.25) is 0 Å². The van der Waals surface area contributed by atoms with Gasteiger partial charge in [0.15, 0.2) is 0 Å². The molecule has 5 heteroatoms. The largest absolute Gasteiger partial charge is 0.494 e. The van der Waals surface area contributed by atoms with Crippen molar-refractivity contribution in [2.45, 2.75) is 33.0 Å². The molecule has 2 aromatic rings. The zero-order valence-electron chi connectivity index (χ0n) is 14.1. The molecule has 5 nitrogen and oxygen atoms in total. The third-order valence-corrected chi connectivity index (χ3v) is 3.77. The van der Waals surface area contributed by atoms with Gasteiger partial charge in [0.25, 0.3) is 0 Å². The quantitative estimate of drug-likeness (QED) is 0.731. The van der Waals surface area contributed by atoms with Crippen LogP contribution in [0.15, 0.2) is 48.5 Å². The molecule has 2 amide bonds. The zero-order chi connectivity index (χ0) is 17.4. The Labute approximate surface area is 142 Å². The van der Waals surface area contributed by atoms with Gasteiger partial charge >= 0.3 is 6.03 Å². The van der Waals surface area contributed by atoms with E-state index in [1.165, 1.54) is 0 Å². The molecule has 2 aromatic carbocycles. The van der Waals surface area contributed by atoms with Gasteiger partial charge in [0.05, 0.1) is 19.3 Å². The molecule has 0 spiro atoms. The van der Waals surface area contributed by atoms with Gasteiger partial charge in [0.1, 0.15) is 5.75 Å². The summed E-state index contributed by atoms with van der Waals surface area (Å²) >= 11 is 0. The highest BCUT2D eigenvalue weighted by molar-refractivity contribution is 5.74.